The second-order valence-electron chi connectivity index (χ2n) is 17.5. The minimum atomic E-state index is -1.72. The summed E-state index contributed by atoms with van der Waals surface area (Å²) in [5.41, 5.74) is -3.27. The smallest absolute Gasteiger partial charge is 0.315 e. The highest BCUT2D eigenvalue weighted by atomic mass is 16.7. The number of carbonyl (C=O) groups is 1. The van der Waals surface area contributed by atoms with Gasteiger partial charge in [0.15, 0.2) is 0 Å². The highest BCUT2D eigenvalue weighted by molar-refractivity contribution is 5.79. The number of hydrogen-bond acceptors (Lipinski definition) is 11. The van der Waals surface area contributed by atoms with E-state index < -0.39 is 83.3 Å². The van der Waals surface area contributed by atoms with Gasteiger partial charge >= 0.3 is 5.97 Å². The van der Waals surface area contributed by atoms with Crippen LogP contribution in [0.2, 0.25) is 0 Å². The number of ether oxygens (including phenoxy) is 2. The van der Waals surface area contributed by atoms with Crippen molar-refractivity contribution >= 4 is 5.97 Å². The van der Waals surface area contributed by atoms with E-state index in [1.807, 2.05) is 20.8 Å². The molecule has 8 N–H and O–H groups in total. The maximum absolute atomic E-state index is 14.5. The molecule has 1 saturated heterocycles. The van der Waals surface area contributed by atoms with E-state index in [0.717, 1.165) is 18.4 Å². The van der Waals surface area contributed by atoms with E-state index in [9.17, 15) is 45.6 Å². The molecular weight excluding hydrogens is 608 g/mol. The number of fused-ring (bicyclic) bond motifs is 7. The van der Waals surface area contributed by atoms with E-state index in [0.29, 0.717) is 38.5 Å². The number of aliphatic hydroxyl groups excluding tert-OH is 7. The Morgan fingerprint density at radius 1 is 0.915 bits per heavy atom. The monoisotopic (exact) mass is 666 g/mol. The standard InChI is InChI=1S/C36H58O11/c1-18-9-12-36(30(44)47-29-26(42)25(41)24(40)21(16-37)46-29)14-13-33(4)19(27(36)35(18,6)45)7-8-23-31(2)15-20(39)28(43)32(3,17-38)22(31)10-11-34(23,33)5/h7,18,20-29,37-43,45H,8-17H2,1-6H3/t18-,20-,21-,22+,23-,24-,25+,26-,27-,28-,29+,31+,32+,33-,34-,35-,36+/m1/s1. The fourth-order valence-electron chi connectivity index (χ4n) is 12.4. The summed E-state index contributed by atoms with van der Waals surface area (Å²) in [6, 6.07) is 0. The molecule has 0 unspecified atom stereocenters. The summed E-state index contributed by atoms with van der Waals surface area (Å²) in [5.74, 6) is -1.23. The molecule has 0 bridgehead atoms. The van der Waals surface area contributed by atoms with Crippen LogP contribution in [-0.4, -0.2) is 109 Å². The fourth-order valence-corrected chi connectivity index (χ4v) is 12.4. The minimum Gasteiger partial charge on any atom is -0.432 e. The van der Waals surface area contributed by atoms with Gasteiger partial charge in [-0.25, -0.2) is 0 Å². The zero-order valence-electron chi connectivity index (χ0n) is 28.8. The lowest BCUT2D eigenvalue weighted by Gasteiger charge is -2.72. The molecule has 5 fully saturated rings. The Morgan fingerprint density at radius 3 is 2.23 bits per heavy atom. The molecule has 268 valence electrons. The summed E-state index contributed by atoms with van der Waals surface area (Å²) in [6.07, 6.45) is -2.75. The van der Waals surface area contributed by atoms with Gasteiger partial charge in [-0.05, 0) is 92.3 Å². The number of carbonyl (C=O) groups excluding carboxylic acids is 1. The number of hydrogen-bond donors (Lipinski definition) is 8. The molecule has 1 heterocycles. The maximum Gasteiger partial charge on any atom is 0.315 e. The second-order valence-corrected chi connectivity index (χ2v) is 17.5. The third-order valence-electron chi connectivity index (χ3n) is 15.6. The van der Waals surface area contributed by atoms with Crippen LogP contribution in [0.5, 0.6) is 0 Å². The lowest BCUT2D eigenvalue weighted by atomic mass is 9.33. The van der Waals surface area contributed by atoms with Gasteiger partial charge < -0.3 is 50.3 Å². The first kappa shape index (κ1) is 35.7. The van der Waals surface area contributed by atoms with Crippen LogP contribution >= 0.6 is 0 Å². The van der Waals surface area contributed by atoms with Crippen molar-refractivity contribution in [3.8, 4) is 0 Å². The molecule has 1 aliphatic heterocycles. The third kappa shape index (κ3) is 4.60. The van der Waals surface area contributed by atoms with E-state index in [1.165, 1.54) is 0 Å². The van der Waals surface area contributed by atoms with Crippen LogP contribution in [0.3, 0.4) is 0 Å². The van der Waals surface area contributed by atoms with Crippen molar-refractivity contribution in [1.29, 1.82) is 0 Å². The molecule has 6 aliphatic rings. The minimum absolute atomic E-state index is 0.00373. The maximum atomic E-state index is 14.5. The van der Waals surface area contributed by atoms with Crippen molar-refractivity contribution < 1.29 is 55.1 Å². The van der Waals surface area contributed by atoms with Crippen LogP contribution in [0.25, 0.3) is 0 Å². The second kappa shape index (κ2) is 11.4. The Morgan fingerprint density at radius 2 is 1.60 bits per heavy atom. The molecular formula is C36H58O11. The van der Waals surface area contributed by atoms with Crippen LogP contribution in [0, 0.1) is 50.7 Å². The molecule has 11 heteroatoms. The third-order valence-corrected chi connectivity index (χ3v) is 15.6. The first-order chi connectivity index (χ1) is 21.8. The molecule has 0 aromatic heterocycles. The molecule has 11 nitrogen and oxygen atoms in total. The van der Waals surface area contributed by atoms with E-state index in [-0.39, 0.29) is 35.2 Å². The lowest BCUT2D eigenvalue weighted by molar-refractivity contribution is -0.299. The van der Waals surface area contributed by atoms with Gasteiger partial charge in [0.1, 0.15) is 24.4 Å². The Bertz CT molecular complexity index is 1270. The van der Waals surface area contributed by atoms with E-state index in [4.69, 9.17) is 9.47 Å². The molecule has 0 aromatic carbocycles. The summed E-state index contributed by atoms with van der Waals surface area (Å²) in [5, 5.41) is 86.2. The van der Waals surface area contributed by atoms with E-state index in [1.54, 1.807) is 0 Å². The number of rotatable bonds is 4. The Labute approximate surface area is 278 Å². The first-order valence-electron chi connectivity index (χ1n) is 17.7. The van der Waals surface area contributed by atoms with E-state index >= 15 is 0 Å². The lowest BCUT2D eigenvalue weighted by Crippen LogP contribution is -2.69. The van der Waals surface area contributed by atoms with Crippen molar-refractivity contribution in [3.63, 3.8) is 0 Å². The zero-order valence-corrected chi connectivity index (χ0v) is 28.8. The molecule has 5 aliphatic carbocycles. The number of aliphatic hydroxyl groups is 8. The van der Waals surface area contributed by atoms with Gasteiger partial charge in [-0.15, -0.1) is 0 Å². The Hall–Kier alpha value is -1.15. The highest BCUT2D eigenvalue weighted by Crippen LogP contribution is 2.76. The van der Waals surface area contributed by atoms with Crippen molar-refractivity contribution in [2.45, 2.75) is 141 Å². The van der Waals surface area contributed by atoms with Crippen molar-refractivity contribution in [2.24, 2.45) is 50.7 Å². The number of esters is 1. The molecule has 6 rings (SSSR count). The quantitative estimate of drug-likeness (QED) is 0.160. The van der Waals surface area contributed by atoms with Crippen LogP contribution in [-0.2, 0) is 14.3 Å². The Balaban J connectivity index is 1.40. The zero-order chi connectivity index (χ0) is 34.7. The van der Waals surface area contributed by atoms with E-state index in [2.05, 4.69) is 26.8 Å². The van der Waals surface area contributed by atoms with Crippen LogP contribution < -0.4 is 0 Å². The van der Waals surface area contributed by atoms with Gasteiger partial charge in [0.25, 0.3) is 0 Å². The predicted octanol–water partition coefficient (Wildman–Crippen LogP) is 1.41. The van der Waals surface area contributed by atoms with Gasteiger partial charge in [0.2, 0.25) is 6.29 Å². The van der Waals surface area contributed by atoms with Gasteiger partial charge in [-0.1, -0.05) is 46.3 Å². The molecule has 17 atom stereocenters. The molecule has 0 aromatic rings. The summed E-state index contributed by atoms with van der Waals surface area (Å²) >= 11 is 0. The largest absolute Gasteiger partial charge is 0.432 e. The average Bonchev–Trinajstić information content (AvgIpc) is 3.02. The van der Waals surface area contributed by atoms with Crippen molar-refractivity contribution in [2.75, 3.05) is 13.2 Å². The summed E-state index contributed by atoms with van der Waals surface area (Å²) < 4.78 is 11.4. The van der Waals surface area contributed by atoms with Crippen LogP contribution in [0.1, 0.15) is 92.9 Å². The van der Waals surface area contributed by atoms with Gasteiger partial charge in [0, 0.05) is 11.3 Å². The molecule has 4 saturated carbocycles. The van der Waals surface area contributed by atoms with Crippen LogP contribution in [0.15, 0.2) is 11.6 Å². The van der Waals surface area contributed by atoms with Gasteiger partial charge in [-0.2, -0.15) is 0 Å². The van der Waals surface area contributed by atoms with Gasteiger partial charge in [0.05, 0.1) is 36.4 Å². The van der Waals surface area contributed by atoms with Crippen molar-refractivity contribution in [1.82, 2.24) is 0 Å². The molecule has 0 radical (unpaired) electrons. The fraction of sp³-hybridized carbons (Fsp3) is 0.917. The average molecular weight is 667 g/mol. The molecule has 0 amide bonds. The SMILES string of the molecule is C[C@@H]1CC[C@]2(C(=O)O[C@@H]3O[C@H](CO)[C@@H](O)[C@H](O)[C@H]3O)CC[C@]3(C)C(=CC[C@@H]4[C@@]5(C)C[C@@H](O)[C@@H](O)[C@@](C)(CO)[C@H]5CC[C@]43C)[C@@H]2[C@]1(C)O. The Kier molecular flexibility index (Phi) is 8.68. The number of allylic oxidation sites excluding steroid dienone is 1. The molecule has 47 heavy (non-hydrogen) atoms. The topological polar surface area (TPSA) is 197 Å². The first-order valence-corrected chi connectivity index (χ1v) is 17.7. The summed E-state index contributed by atoms with van der Waals surface area (Å²) in [7, 11) is 0. The van der Waals surface area contributed by atoms with Gasteiger partial charge in [-0.3, -0.25) is 4.79 Å². The normalized spacial score (nSPS) is 57.5. The predicted molar refractivity (Wildman–Crippen MR) is 169 cm³/mol. The highest BCUT2D eigenvalue weighted by Gasteiger charge is 2.72. The summed E-state index contributed by atoms with van der Waals surface area (Å²) in [4.78, 5) is 14.5. The molecule has 0 spiro atoms. The van der Waals surface area contributed by atoms with Crippen LogP contribution in [0.4, 0.5) is 0 Å². The van der Waals surface area contributed by atoms with Crippen molar-refractivity contribution in [3.05, 3.63) is 11.6 Å². The summed E-state index contributed by atoms with van der Waals surface area (Å²) in [6.45, 7) is 11.6.